The molecule has 0 amide bonds. The molecule has 1 aromatic heterocycles. The third-order valence-electron chi connectivity index (χ3n) is 2.78. The van der Waals surface area contributed by atoms with Crippen LogP contribution in [0.5, 0.6) is 0 Å². The Morgan fingerprint density at radius 3 is 2.60 bits per heavy atom. The summed E-state index contributed by atoms with van der Waals surface area (Å²) in [5.41, 5.74) is 9.82. The van der Waals surface area contributed by atoms with Gasteiger partial charge in [0.15, 0.2) is 0 Å². The number of aryl methyl sites for hydroxylation is 2. The number of nitrogens with one attached hydrogen (secondary N) is 1. The smallest absolute Gasteiger partial charge is 0.107 e. The number of thiocarbonyl (C=S) groups is 1. The van der Waals surface area contributed by atoms with Crippen LogP contribution in [0, 0.1) is 13.8 Å². The number of nitrogens with two attached hydrogens (primary N) is 1. The molecule has 3 nitrogen and oxygen atoms in total. The lowest BCUT2D eigenvalue weighted by atomic mass is 10.1. The summed E-state index contributed by atoms with van der Waals surface area (Å²) in [6, 6.07) is 7.53. The first-order valence-electron chi connectivity index (χ1n) is 5.88. The molecule has 3 N–H and O–H groups in total. The molecule has 0 fully saturated rings. The summed E-state index contributed by atoms with van der Waals surface area (Å²) < 4.78 is 0.921. The molecule has 2 rings (SSSR count). The molecule has 0 bridgehead atoms. The van der Waals surface area contributed by atoms with Crippen LogP contribution >= 0.6 is 39.7 Å². The molecule has 6 heteroatoms. The molecular weight excluding hydrogens is 358 g/mol. The number of pyridine rings is 1. The molecule has 104 valence electrons. The van der Waals surface area contributed by atoms with Gasteiger partial charge in [-0.05, 0) is 38.1 Å². The lowest BCUT2D eigenvalue weighted by Crippen LogP contribution is -2.15. The van der Waals surface area contributed by atoms with Gasteiger partial charge in [0.05, 0.1) is 22.0 Å². The van der Waals surface area contributed by atoms with Crippen molar-refractivity contribution in [3.05, 3.63) is 50.7 Å². The summed E-state index contributed by atoms with van der Waals surface area (Å²) >= 11 is 14.7. The highest BCUT2D eigenvalue weighted by atomic mass is 79.9. The Labute approximate surface area is 136 Å². The van der Waals surface area contributed by atoms with Gasteiger partial charge in [-0.3, -0.25) is 4.98 Å². The van der Waals surface area contributed by atoms with E-state index in [0.29, 0.717) is 10.0 Å². The van der Waals surface area contributed by atoms with Crippen LogP contribution in [0.25, 0.3) is 0 Å². The lowest BCUT2D eigenvalue weighted by molar-refractivity contribution is 1.12. The van der Waals surface area contributed by atoms with Crippen molar-refractivity contribution < 1.29 is 0 Å². The van der Waals surface area contributed by atoms with E-state index in [1.165, 1.54) is 0 Å². The van der Waals surface area contributed by atoms with Crippen molar-refractivity contribution in [3.8, 4) is 0 Å². The van der Waals surface area contributed by atoms with Crippen molar-refractivity contribution >= 4 is 56.1 Å². The molecule has 20 heavy (non-hydrogen) atoms. The molecule has 1 heterocycles. The predicted molar refractivity (Wildman–Crippen MR) is 92.0 cm³/mol. The van der Waals surface area contributed by atoms with Crippen molar-refractivity contribution in [1.82, 2.24) is 4.98 Å². The van der Waals surface area contributed by atoms with Crippen LogP contribution in [-0.2, 0) is 0 Å². The molecule has 0 radical (unpaired) electrons. The zero-order valence-corrected chi connectivity index (χ0v) is 14.2. The van der Waals surface area contributed by atoms with E-state index in [2.05, 4.69) is 26.2 Å². The number of benzene rings is 1. The first-order valence-corrected chi connectivity index (χ1v) is 7.46. The van der Waals surface area contributed by atoms with Gasteiger partial charge in [-0.25, -0.2) is 0 Å². The van der Waals surface area contributed by atoms with E-state index in [1.807, 2.05) is 38.1 Å². The molecule has 0 saturated heterocycles. The fourth-order valence-electron chi connectivity index (χ4n) is 1.97. The summed E-state index contributed by atoms with van der Waals surface area (Å²) in [7, 11) is 0. The number of anilines is 2. The molecule has 1 aromatic carbocycles. The summed E-state index contributed by atoms with van der Waals surface area (Å²) in [5, 5.41) is 3.88. The number of hydrogen-bond acceptors (Lipinski definition) is 3. The second-order valence-corrected chi connectivity index (χ2v) is 6.15. The van der Waals surface area contributed by atoms with Crippen LogP contribution in [0.4, 0.5) is 11.4 Å². The molecule has 0 unspecified atom stereocenters. The average molecular weight is 371 g/mol. The SMILES string of the molecule is Cc1cc(Nc2ccc(Br)cc2Cl)c(C(N)=S)c(C)n1. The number of halogens is 2. The van der Waals surface area contributed by atoms with Crippen LogP contribution in [-0.4, -0.2) is 9.97 Å². The van der Waals surface area contributed by atoms with E-state index in [0.717, 1.165) is 32.8 Å². The van der Waals surface area contributed by atoms with Crippen LogP contribution in [0.2, 0.25) is 5.02 Å². The first kappa shape index (κ1) is 15.2. The summed E-state index contributed by atoms with van der Waals surface area (Å²) in [6.45, 7) is 3.81. The van der Waals surface area contributed by atoms with E-state index in [4.69, 9.17) is 29.6 Å². The topological polar surface area (TPSA) is 50.9 Å². The first-order chi connectivity index (χ1) is 9.38. The Balaban J connectivity index is 2.50. The van der Waals surface area contributed by atoms with E-state index in [9.17, 15) is 0 Å². The summed E-state index contributed by atoms with van der Waals surface area (Å²) in [6.07, 6.45) is 0. The van der Waals surface area contributed by atoms with Gasteiger partial charge in [0.2, 0.25) is 0 Å². The van der Waals surface area contributed by atoms with Crippen molar-refractivity contribution in [1.29, 1.82) is 0 Å². The molecule has 0 aliphatic rings. The third kappa shape index (κ3) is 3.29. The third-order valence-corrected chi connectivity index (χ3v) is 3.79. The fourth-order valence-corrected chi connectivity index (χ4v) is 2.95. The second kappa shape index (κ2) is 6.08. The molecule has 0 saturated carbocycles. The van der Waals surface area contributed by atoms with Crippen LogP contribution in [0.15, 0.2) is 28.7 Å². The van der Waals surface area contributed by atoms with Crippen molar-refractivity contribution in [2.75, 3.05) is 5.32 Å². The molecular formula is C14H13BrClN3S. The second-order valence-electron chi connectivity index (χ2n) is 4.39. The molecule has 0 atom stereocenters. The standard InChI is InChI=1S/C14H13BrClN3S/c1-7-5-12(13(14(17)20)8(2)18-7)19-11-4-3-9(15)6-10(11)16/h3-6H,1-2H3,(H2,17,20)(H,18,19). The van der Waals surface area contributed by atoms with Gasteiger partial charge in [-0.15, -0.1) is 0 Å². The fraction of sp³-hybridized carbons (Fsp3) is 0.143. The maximum Gasteiger partial charge on any atom is 0.107 e. The van der Waals surface area contributed by atoms with Crippen molar-refractivity contribution in [2.24, 2.45) is 5.73 Å². The van der Waals surface area contributed by atoms with Crippen LogP contribution in [0.3, 0.4) is 0 Å². The van der Waals surface area contributed by atoms with Gasteiger partial charge < -0.3 is 11.1 Å². The highest BCUT2D eigenvalue weighted by molar-refractivity contribution is 9.10. The van der Waals surface area contributed by atoms with Gasteiger partial charge in [0.25, 0.3) is 0 Å². The average Bonchev–Trinajstić information content (AvgIpc) is 2.31. The van der Waals surface area contributed by atoms with E-state index in [-0.39, 0.29) is 0 Å². The van der Waals surface area contributed by atoms with Crippen LogP contribution < -0.4 is 11.1 Å². The summed E-state index contributed by atoms with van der Waals surface area (Å²) in [5.74, 6) is 0. The van der Waals surface area contributed by atoms with E-state index in [1.54, 1.807) is 0 Å². The van der Waals surface area contributed by atoms with Gasteiger partial charge >= 0.3 is 0 Å². The molecule has 0 aliphatic heterocycles. The largest absolute Gasteiger partial charge is 0.389 e. The Hall–Kier alpha value is -1.17. The quantitative estimate of drug-likeness (QED) is 0.781. The minimum absolute atomic E-state index is 0.311. The number of hydrogen-bond donors (Lipinski definition) is 2. The Kier molecular flexibility index (Phi) is 4.62. The molecule has 0 spiro atoms. The predicted octanol–water partition coefficient (Wildman–Crippen LogP) is 4.49. The highest BCUT2D eigenvalue weighted by Gasteiger charge is 2.12. The Morgan fingerprint density at radius 1 is 1.30 bits per heavy atom. The van der Waals surface area contributed by atoms with E-state index < -0.39 is 0 Å². The van der Waals surface area contributed by atoms with E-state index >= 15 is 0 Å². The monoisotopic (exact) mass is 369 g/mol. The zero-order chi connectivity index (χ0) is 14.9. The Bertz CT molecular complexity index is 688. The number of rotatable bonds is 3. The lowest BCUT2D eigenvalue weighted by Gasteiger charge is -2.15. The normalized spacial score (nSPS) is 10.4. The highest BCUT2D eigenvalue weighted by Crippen LogP contribution is 2.30. The number of nitrogens with zero attached hydrogens (tertiary/aromatic N) is 1. The van der Waals surface area contributed by atoms with Gasteiger partial charge in [0.1, 0.15) is 4.99 Å². The maximum atomic E-state index is 6.22. The molecule has 2 aromatic rings. The minimum Gasteiger partial charge on any atom is -0.389 e. The minimum atomic E-state index is 0.311. The van der Waals surface area contributed by atoms with Gasteiger partial charge in [0, 0.05) is 15.9 Å². The van der Waals surface area contributed by atoms with Gasteiger partial charge in [-0.2, -0.15) is 0 Å². The van der Waals surface area contributed by atoms with Crippen LogP contribution in [0.1, 0.15) is 17.0 Å². The van der Waals surface area contributed by atoms with Crippen molar-refractivity contribution in [2.45, 2.75) is 13.8 Å². The molecule has 0 aliphatic carbocycles. The van der Waals surface area contributed by atoms with Gasteiger partial charge in [-0.1, -0.05) is 39.7 Å². The zero-order valence-electron chi connectivity index (χ0n) is 11.0. The Morgan fingerprint density at radius 2 is 2.00 bits per heavy atom. The maximum absolute atomic E-state index is 6.22. The number of aromatic nitrogens is 1. The van der Waals surface area contributed by atoms with Crippen molar-refractivity contribution in [3.63, 3.8) is 0 Å². The summed E-state index contributed by atoms with van der Waals surface area (Å²) in [4.78, 5) is 4.70.